The van der Waals surface area contributed by atoms with Crippen molar-refractivity contribution >= 4 is 38.1 Å². The number of carbonyl (C=O) groups is 5. The highest BCUT2D eigenvalue weighted by Gasteiger charge is 2.83. The Hall–Kier alpha value is -2.55. The van der Waals surface area contributed by atoms with Crippen LogP contribution in [0.15, 0.2) is 0 Å². The number of rotatable bonds is 7. The van der Waals surface area contributed by atoms with E-state index in [-0.39, 0.29) is 11.5 Å². The first kappa shape index (κ1) is 30.0. The maximum absolute atomic E-state index is 13.7. The van der Waals surface area contributed by atoms with E-state index in [1.165, 1.54) is 5.01 Å². The van der Waals surface area contributed by atoms with Gasteiger partial charge in [0.15, 0.2) is 13.9 Å². The molecule has 0 aromatic rings. The molecule has 0 spiro atoms. The van der Waals surface area contributed by atoms with Gasteiger partial charge in [0.05, 0.1) is 53.1 Å². The Morgan fingerprint density at radius 2 is 1.58 bits per heavy atom. The minimum absolute atomic E-state index is 0.181. The summed E-state index contributed by atoms with van der Waals surface area (Å²) in [6.07, 6.45) is -2.62. The van der Waals surface area contributed by atoms with Crippen LogP contribution in [0.3, 0.4) is 0 Å². The molecule has 38 heavy (non-hydrogen) atoms. The number of hydrazine groups is 1. The molecule has 3 rings (SSSR count). The second-order valence-corrected chi connectivity index (χ2v) is 16.1. The maximum atomic E-state index is 13.7. The molecule has 4 bridgehead atoms. The molecule has 0 N–H and O–H groups in total. The summed E-state index contributed by atoms with van der Waals surface area (Å²) in [6, 6.07) is -0.906. The Morgan fingerprint density at radius 3 is 2.05 bits per heavy atom. The lowest BCUT2D eigenvalue weighted by molar-refractivity contribution is -0.230. The zero-order chi connectivity index (χ0) is 29.0. The van der Waals surface area contributed by atoms with E-state index in [1.54, 1.807) is 6.92 Å². The van der Waals surface area contributed by atoms with Crippen molar-refractivity contribution in [1.82, 2.24) is 10.0 Å². The molecule has 3 heterocycles. The third kappa shape index (κ3) is 4.03. The molecule has 7 atom stereocenters. The van der Waals surface area contributed by atoms with Crippen LogP contribution >= 0.6 is 0 Å². The van der Waals surface area contributed by atoms with Gasteiger partial charge in [-0.15, -0.1) is 0 Å². The average Bonchev–Trinajstić information content (AvgIpc) is 3.29. The van der Waals surface area contributed by atoms with Gasteiger partial charge in [0.25, 0.3) is 5.72 Å². The minimum Gasteiger partial charge on any atom is -0.469 e. The molecule has 0 radical (unpaired) electrons. The number of nitrogens with zero attached hydrogens (tertiary/aromatic N) is 2. The number of esters is 4. The standard InChI is InChI=1S/C24H38N2O11Si/c1-13-17(37-38(9,10)22(2,3)4)14-11-15(27)26-24(36-13,21(31)35-8)18(19(29)33-6)23(25(14)26,20(30)34-7)12-16(28)32-5/h13-14,17-18H,11-12H2,1-10H3/t13-,14-,17+,18+,23+,24+/m1/s1. The van der Waals surface area contributed by atoms with E-state index in [0.717, 1.165) is 33.4 Å². The number of hydrogen-bond donors (Lipinski definition) is 0. The lowest BCUT2D eigenvalue weighted by Crippen LogP contribution is -2.68. The Kier molecular flexibility index (Phi) is 7.80. The van der Waals surface area contributed by atoms with Gasteiger partial charge in [0.2, 0.25) is 5.91 Å². The molecular weight excluding hydrogens is 520 g/mol. The highest BCUT2D eigenvalue weighted by Crippen LogP contribution is 2.58. The molecule has 3 fully saturated rings. The molecule has 214 valence electrons. The fourth-order valence-corrected chi connectivity index (χ4v) is 6.94. The molecule has 14 heteroatoms. The van der Waals surface area contributed by atoms with Gasteiger partial charge in [-0.1, -0.05) is 20.8 Å². The van der Waals surface area contributed by atoms with Crippen molar-refractivity contribution in [3.63, 3.8) is 0 Å². The second kappa shape index (κ2) is 9.88. The van der Waals surface area contributed by atoms with Crippen molar-refractivity contribution in [3.8, 4) is 0 Å². The molecule has 0 aromatic heterocycles. The van der Waals surface area contributed by atoms with Gasteiger partial charge in [0, 0.05) is 6.42 Å². The molecule has 0 aromatic carbocycles. The maximum Gasteiger partial charge on any atom is 0.362 e. The predicted molar refractivity (Wildman–Crippen MR) is 131 cm³/mol. The van der Waals surface area contributed by atoms with Crippen LogP contribution in [0.25, 0.3) is 0 Å². The highest BCUT2D eigenvalue weighted by molar-refractivity contribution is 6.74. The summed E-state index contributed by atoms with van der Waals surface area (Å²) in [5.74, 6) is -6.64. The third-order valence-electron chi connectivity index (χ3n) is 8.28. The van der Waals surface area contributed by atoms with Gasteiger partial charge in [-0.3, -0.25) is 14.4 Å². The summed E-state index contributed by atoms with van der Waals surface area (Å²) in [6.45, 7) is 11.8. The van der Waals surface area contributed by atoms with Crippen molar-refractivity contribution < 1.29 is 52.1 Å². The van der Waals surface area contributed by atoms with Gasteiger partial charge in [-0.2, -0.15) is 5.01 Å². The fraction of sp³-hybridized carbons (Fsp3) is 0.792. The van der Waals surface area contributed by atoms with Crippen LogP contribution in [-0.4, -0.2) is 106 Å². The average molecular weight is 559 g/mol. The van der Waals surface area contributed by atoms with Gasteiger partial charge >= 0.3 is 23.9 Å². The van der Waals surface area contributed by atoms with Gasteiger partial charge < -0.3 is 28.1 Å². The zero-order valence-electron chi connectivity index (χ0n) is 23.6. The molecule has 3 aliphatic rings. The van der Waals surface area contributed by atoms with Crippen LogP contribution in [0.5, 0.6) is 0 Å². The summed E-state index contributed by atoms with van der Waals surface area (Å²) in [7, 11) is 1.78. The van der Waals surface area contributed by atoms with Crippen molar-refractivity contribution in [3.05, 3.63) is 0 Å². The second-order valence-electron chi connectivity index (χ2n) is 11.3. The first-order valence-electron chi connectivity index (χ1n) is 12.3. The van der Waals surface area contributed by atoms with E-state index in [1.807, 2.05) is 33.9 Å². The lowest BCUT2D eigenvalue weighted by Gasteiger charge is -2.47. The summed E-state index contributed by atoms with van der Waals surface area (Å²) in [4.78, 5) is 67.3. The third-order valence-corrected chi connectivity index (χ3v) is 12.8. The highest BCUT2D eigenvalue weighted by atomic mass is 28.4. The quantitative estimate of drug-likeness (QED) is 0.247. The smallest absolute Gasteiger partial charge is 0.362 e. The van der Waals surface area contributed by atoms with Crippen LogP contribution in [-0.2, 0) is 52.1 Å². The molecule has 0 aliphatic carbocycles. The number of carbonyl (C=O) groups excluding carboxylic acids is 5. The number of amides is 1. The van der Waals surface area contributed by atoms with E-state index in [4.69, 9.17) is 28.1 Å². The fourth-order valence-electron chi connectivity index (χ4n) is 5.55. The van der Waals surface area contributed by atoms with Crippen molar-refractivity contribution in [2.45, 2.75) is 88.2 Å². The molecule has 3 saturated heterocycles. The van der Waals surface area contributed by atoms with Gasteiger partial charge in [-0.25, -0.2) is 14.6 Å². The van der Waals surface area contributed by atoms with E-state index >= 15 is 0 Å². The number of ether oxygens (including phenoxy) is 5. The van der Waals surface area contributed by atoms with Crippen molar-refractivity contribution in [2.75, 3.05) is 28.4 Å². The van der Waals surface area contributed by atoms with E-state index in [2.05, 4.69) is 0 Å². The molecule has 13 nitrogen and oxygen atoms in total. The number of methoxy groups -OCH3 is 4. The van der Waals surface area contributed by atoms with Crippen LogP contribution in [0.2, 0.25) is 18.1 Å². The lowest BCUT2D eigenvalue weighted by atomic mass is 9.73. The topological polar surface area (TPSA) is 147 Å². The molecule has 0 saturated carbocycles. The Bertz CT molecular complexity index is 1030. The molecular formula is C24H38N2O11Si. The van der Waals surface area contributed by atoms with Gasteiger partial charge in [-0.05, 0) is 25.1 Å². The molecule has 1 unspecified atom stereocenters. The normalized spacial score (nSPS) is 34.4. The first-order valence-corrected chi connectivity index (χ1v) is 15.2. The molecule has 3 aliphatic heterocycles. The summed E-state index contributed by atoms with van der Waals surface area (Å²) < 4.78 is 33.2. The molecule has 1 amide bonds. The number of hydrogen-bond acceptors (Lipinski definition) is 12. The minimum atomic E-state index is -2.52. The van der Waals surface area contributed by atoms with Gasteiger partial charge in [0.1, 0.15) is 5.92 Å². The van der Waals surface area contributed by atoms with Crippen LogP contribution < -0.4 is 0 Å². The summed E-state index contributed by atoms with van der Waals surface area (Å²) >= 11 is 0. The Labute approximate surface area is 223 Å². The zero-order valence-corrected chi connectivity index (χ0v) is 24.6. The van der Waals surface area contributed by atoms with Crippen LogP contribution in [0, 0.1) is 5.92 Å². The first-order chi connectivity index (χ1) is 17.5. The Morgan fingerprint density at radius 1 is 1.00 bits per heavy atom. The largest absolute Gasteiger partial charge is 0.469 e. The van der Waals surface area contributed by atoms with Crippen molar-refractivity contribution in [2.24, 2.45) is 5.92 Å². The summed E-state index contributed by atoms with van der Waals surface area (Å²) in [5, 5.41) is 1.95. The summed E-state index contributed by atoms with van der Waals surface area (Å²) in [5.41, 5.74) is -4.74. The van der Waals surface area contributed by atoms with E-state index in [9.17, 15) is 24.0 Å². The van der Waals surface area contributed by atoms with E-state index < -0.39 is 80.0 Å². The Balaban J connectivity index is 2.41. The predicted octanol–water partition coefficient (Wildman–Crippen LogP) is 0.760. The van der Waals surface area contributed by atoms with Crippen LogP contribution in [0.4, 0.5) is 0 Å². The monoisotopic (exact) mass is 558 g/mol. The van der Waals surface area contributed by atoms with E-state index in [0.29, 0.717) is 0 Å². The van der Waals surface area contributed by atoms with Crippen molar-refractivity contribution in [1.29, 1.82) is 0 Å². The SMILES string of the molecule is COC(=O)C[C@@]1(C(=O)OC)[C@H](C(=O)OC)[C@@]2(C(=O)OC)O[C@H](C)[C@H](O[Si](C)(C)C(C)(C)C)[C@H]3CC(=O)N2N31. The van der Waals surface area contributed by atoms with Crippen LogP contribution in [0.1, 0.15) is 40.5 Å².